The van der Waals surface area contributed by atoms with Gasteiger partial charge in [-0.1, -0.05) is 44.2 Å². The van der Waals surface area contributed by atoms with Crippen molar-refractivity contribution in [1.82, 2.24) is 5.43 Å². The van der Waals surface area contributed by atoms with Gasteiger partial charge in [-0.25, -0.2) is 5.43 Å². The molecule has 0 saturated heterocycles. The Kier molecular flexibility index (Phi) is 5.78. The minimum absolute atomic E-state index is 0.0557. The molecule has 0 aromatic heterocycles. The van der Waals surface area contributed by atoms with Crippen LogP contribution in [0.3, 0.4) is 0 Å². The van der Waals surface area contributed by atoms with Gasteiger partial charge in [0.25, 0.3) is 11.6 Å². The van der Waals surface area contributed by atoms with Crippen molar-refractivity contribution in [3.63, 3.8) is 0 Å². The maximum absolute atomic E-state index is 12.2. The summed E-state index contributed by atoms with van der Waals surface area (Å²) in [7, 11) is 0. The number of carbonyl (C=O) groups excluding carboxylic acids is 1. The fourth-order valence-corrected chi connectivity index (χ4v) is 2.16. The molecule has 0 bridgehead atoms. The maximum atomic E-state index is 12.2. The van der Waals surface area contributed by atoms with Gasteiger partial charge in [0.1, 0.15) is 0 Å². The van der Waals surface area contributed by atoms with Crippen molar-refractivity contribution >= 4 is 17.3 Å². The molecule has 2 rings (SSSR count). The Balaban J connectivity index is 2.15. The second-order valence-electron chi connectivity index (χ2n) is 5.77. The number of non-ortho nitro benzene ring substituents is 1. The van der Waals surface area contributed by atoms with E-state index in [-0.39, 0.29) is 5.69 Å². The average molecular weight is 325 g/mol. The molecule has 0 saturated carbocycles. The molecule has 0 heterocycles. The third kappa shape index (κ3) is 4.74. The highest BCUT2D eigenvalue weighted by Crippen LogP contribution is 2.13. The fraction of sp³-hybridized carbons (Fsp3) is 0.222. The molecule has 0 fully saturated rings. The molecule has 1 amide bonds. The van der Waals surface area contributed by atoms with Gasteiger partial charge in [-0.15, -0.1) is 0 Å². The van der Waals surface area contributed by atoms with Crippen LogP contribution in [-0.4, -0.2) is 16.5 Å². The van der Waals surface area contributed by atoms with Gasteiger partial charge in [0, 0.05) is 17.7 Å². The highest BCUT2D eigenvalue weighted by molar-refractivity contribution is 6.02. The minimum Gasteiger partial charge on any atom is -0.267 e. The monoisotopic (exact) mass is 325 g/mol. The number of carbonyl (C=O) groups is 1. The van der Waals surface area contributed by atoms with Gasteiger partial charge in [0.15, 0.2) is 0 Å². The lowest BCUT2D eigenvalue weighted by atomic mass is 10.0. The Morgan fingerprint density at radius 3 is 2.25 bits per heavy atom. The lowest BCUT2D eigenvalue weighted by Crippen LogP contribution is -2.20. The van der Waals surface area contributed by atoms with Crippen LogP contribution in [0.15, 0.2) is 59.7 Å². The van der Waals surface area contributed by atoms with Crippen molar-refractivity contribution in [2.24, 2.45) is 11.0 Å². The predicted octanol–water partition coefficient (Wildman–Crippen LogP) is 3.78. The van der Waals surface area contributed by atoms with Crippen LogP contribution >= 0.6 is 0 Å². The van der Waals surface area contributed by atoms with E-state index in [4.69, 9.17) is 0 Å². The summed E-state index contributed by atoms with van der Waals surface area (Å²) in [5, 5.41) is 14.9. The molecule has 24 heavy (non-hydrogen) atoms. The molecule has 6 heteroatoms. The zero-order valence-electron chi connectivity index (χ0n) is 13.6. The molecule has 124 valence electrons. The Bertz CT molecular complexity index is 738. The van der Waals surface area contributed by atoms with Crippen molar-refractivity contribution in [3.8, 4) is 0 Å². The van der Waals surface area contributed by atoms with E-state index in [1.165, 1.54) is 24.3 Å². The van der Waals surface area contributed by atoms with Crippen LogP contribution in [-0.2, 0) is 0 Å². The van der Waals surface area contributed by atoms with Gasteiger partial charge in [-0.3, -0.25) is 14.9 Å². The van der Waals surface area contributed by atoms with Crippen LogP contribution in [0, 0.1) is 16.0 Å². The Hall–Kier alpha value is -3.02. The maximum Gasteiger partial charge on any atom is 0.271 e. The Labute approximate surface area is 140 Å². The van der Waals surface area contributed by atoms with E-state index in [1.807, 2.05) is 30.3 Å². The number of hydrogen-bond acceptors (Lipinski definition) is 4. The molecule has 6 nitrogen and oxygen atoms in total. The topological polar surface area (TPSA) is 84.6 Å². The highest BCUT2D eigenvalue weighted by atomic mass is 16.6. The van der Waals surface area contributed by atoms with E-state index in [9.17, 15) is 14.9 Å². The normalized spacial score (nSPS) is 11.4. The molecule has 2 aromatic rings. The molecule has 0 aliphatic rings. The number of nitrogens with zero attached hydrogens (tertiary/aromatic N) is 2. The van der Waals surface area contributed by atoms with Crippen LogP contribution in [0.2, 0.25) is 0 Å². The average Bonchev–Trinajstić information content (AvgIpc) is 2.59. The third-order valence-corrected chi connectivity index (χ3v) is 3.34. The van der Waals surface area contributed by atoms with Crippen molar-refractivity contribution in [2.75, 3.05) is 0 Å². The quantitative estimate of drug-likeness (QED) is 0.498. The number of benzene rings is 2. The highest BCUT2D eigenvalue weighted by Gasteiger charge is 2.11. The molecule has 1 N–H and O–H groups in total. The summed E-state index contributed by atoms with van der Waals surface area (Å²) >= 11 is 0. The number of nitro groups is 1. The summed E-state index contributed by atoms with van der Waals surface area (Å²) in [6.45, 7) is 4.16. The van der Waals surface area contributed by atoms with Gasteiger partial charge >= 0.3 is 0 Å². The van der Waals surface area contributed by atoms with E-state index in [2.05, 4.69) is 24.4 Å². The standard InChI is InChI=1S/C18H19N3O3/c1-13(2)12-17(14-6-4-3-5-7-14)19-20-18(22)15-8-10-16(11-9-15)21(23)24/h3-11,13H,12H2,1-2H3,(H,20,22)/b19-17+. The molecule has 0 aliphatic carbocycles. The summed E-state index contributed by atoms with van der Waals surface area (Å²) in [5.74, 6) is -0.0117. The summed E-state index contributed by atoms with van der Waals surface area (Å²) in [6, 6.07) is 15.1. The number of hydrogen-bond donors (Lipinski definition) is 1. The molecule has 0 spiro atoms. The first-order valence-corrected chi connectivity index (χ1v) is 7.64. The summed E-state index contributed by atoms with van der Waals surface area (Å²) in [5.41, 5.74) is 4.54. The Morgan fingerprint density at radius 1 is 1.08 bits per heavy atom. The van der Waals surface area contributed by atoms with Gasteiger partial charge in [0.05, 0.1) is 10.6 Å². The zero-order valence-corrected chi connectivity index (χ0v) is 13.6. The number of nitro benzene ring substituents is 1. The van der Waals surface area contributed by atoms with Crippen LogP contribution in [0.4, 0.5) is 5.69 Å². The lowest BCUT2D eigenvalue weighted by molar-refractivity contribution is -0.384. The SMILES string of the molecule is CC(C)C/C(=N\NC(=O)c1ccc([N+](=O)[O-])cc1)c1ccccc1. The van der Waals surface area contributed by atoms with E-state index >= 15 is 0 Å². The number of amides is 1. The molecule has 0 atom stereocenters. The molecule has 0 radical (unpaired) electrons. The summed E-state index contributed by atoms with van der Waals surface area (Å²) in [4.78, 5) is 22.3. The number of hydrazone groups is 1. The van der Waals surface area contributed by atoms with Crippen molar-refractivity contribution in [3.05, 3.63) is 75.8 Å². The zero-order chi connectivity index (χ0) is 17.5. The molecule has 2 aromatic carbocycles. The summed E-state index contributed by atoms with van der Waals surface area (Å²) < 4.78 is 0. The molecule has 0 unspecified atom stereocenters. The molecular weight excluding hydrogens is 306 g/mol. The van der Waals surface area contributed by atoms with Gasteiger partial charge < -0.3 is 0 Å². The third-order valence-electron chi connectivity index (χ3n) is 3.34. The van der Waals surface area contributed by atoms with Gasteiger partial charge in [0.2, 0.25) is 0 Å². The van der Waals surface area contributed by atoms with Gasteiger partial charge in [-0.05, 0) is 30.0 Å². The first-order chi connectivity index (χ1) is 11.5. The second kappa shape index (κ2) is 8.01. The van der Waals surface area contributed by atoms with E-state index in [1.54, 1.807) is 0 Å². The molecular formula is C18H19N3O3. The largest absolute Gasteiger partial charge is 0.271 e. The first kappa shape index (κ1) is 17.3. The predicted molar refractivity (Wildman–Crippen MR) is 93.0 cm³/mol. The van der Waals surface area contributed by atoms with Crippen molar-refractivity contribution in [2.45, 2.75) is 20.3 Å². The Morgan fingerprint density at radius 2 is 1.71 bits per heavy atom. The lowest BCUT2D eigenvalue weighted by Gasteiger charge is -2.10. The van der Waals surface area contributed by atoms with Crippen LogP contribution in [0.25, 0.3) is 0 Å². The smallest absolute Gasteiger partial charge is 0.267 e. The van der Waals surface area contributed by atoms with E-state index in [0.717, 1.165) is 17.7 Å². The molecule has 0 aliphatic heterocycles. The van der Waals surface area contributed by atoms with Crippen LogP contribution in [0.1, 0.15) is 36.2 Å². The van der Waals surface area contributed by atoms with E-state index in [0.29, 0.717) is 11.5 Å². The first-order valence-electron chi connectivity index (χ1n) is 7.64. The fourth-order valence-electron chi connectivity index (χ4n) is 2.16. The van der Waals surface area contributed by atoms with Crippen LogP contribution in [0.5, 0.6) is 0 Å². The minimum atomic E-state index is -0.504. The number of nitrogens with one attached hydrogen (secondary N) is 1. The van der Waals surface area contributed by atoms with Gasteiger partial charge in [-0.2, -0.15) is 5.10 Å². The van der Waals surface area contributed by atoms with Crippen LogP contribution < -0.4 is 5.43 Å². The number of rotatable bonds is 6. The second-order valence-corrected chi connectivity index (χ2v) is 5.77. The van der Waals surface area contributed by atoms with E-state index < -0.39 is 10.8 Å². The van der Waals surface area contributed by atoms with Crippen molar-refractivity contribution < 1.29 is 9.72 Å². The summed E-state index contributed by atoms with van der Waals surface area (Å²) in [6.07, 6.45) is 0.727. The van der Waals surface area contributed by atoms with Crippen molar-refractivity contribution in [1.29, 1.82) is 0 Å².